The third-order valence-corrected chi connectivity index (χ3v) is 5.56. The minimum absolute atomic E-state index is 0.112. The highest BCUT2D eigenvalue weighted by atomic mass is 35.5. The molecule has 32 heavy (non-hydrogen) atoms. The van der Waals surface area contributed by atoms with Crippen LogP contribution in [0.4, 0.5) is 4.79 Å². The Bertz CT molecular complexity index is 1070. The number of ether oxygens (including phenoxy) is 1. The van der Waals surface area contributed by atoms with Crippen LogP contribution >= 0.6 is 23.2 Å². The number of aromatic nitrogens is 3. The molecule has 1 aliphatic heterocycles. The van der Waals surface area contributed by atoms with Crippen LogP contribution in [0.25, 0.3) is 11.6 Å². The molecule has 1 saturated heterocycles. The zero-order valence-electron chi connectivity index (χ0n) is 17.3. The fourth-order valence-electron chi connectivity index (χ4n) is 3.27. The molecule has 0 spiro atoms. The lowest BCUT2D eigenvalue weighted by atomic mass is 10.2. The second-order valence-corrected chi connectivity index (χ2v) is 8.19. The average molecular weight is 481 g/mol. The van der Waals surface area contributed by atoms with Gasteiger partial charge in [-0.3, -0.25) is 4.90 Å². The quantitative estimate of drug-likeness (QED) is 0.529. The van der Waals surface area contributed by atoms with Gasteiger partial charge in [0, 0.05) is 32.2 Å². The number of carbonyl (C=O) groups excluding carboxylic acids is 1. The Morgan fingerprint density at radius 1 is 1.19 bits per heavy atom. The van der Waals surface area contributed by atoms with Crippen molar-refractivity contribution in [2.24, 2.45) is 0 Å². The number of aryl methyl sites for hydroxylation is 1. The Labute approximate surface area is 194 Å². The fourth-order valence-corrected chi connectivity index (χ4v) is 3.59. The third kappa shape index (κ3) is 5.98. The highest BCUT2D eigenvalue weighted by Gasteiger charge is 2.21. The lowest BCUT2D eigenvalue weighted by Crippen LogP contribution is -2.48. The maximum absolute atomic E-state index is 12.1. The van der Waals surface area contributed by atoms with E-state index < -0.39 is 0 Å². The van der Waals surface area contributed by atoms with Crippen molar-refractivity contribution >= 4 is 29.2 Å². The van der Waals surface area contributed by atoms with Crippen LogP contribution in [0.5, 0.6) is 0 Å². The topological polar surface area (TPSA) is 119 Å². The van der Waals surface area contributed by atoms with Crippen molar-refractivity contribution in [3.05, 3.63) is 51.5 Å². The maximum Gasteiger partial charge on any atom is 0.315 e. The molecule has 1 aliphatic rings. The fraction of sp³-hybridized carbons (Fsp3) is 0.400. The molecule has 4 rings (SSSR count). The minimum Gasteiger partial charge on any atom is -0.374 e. The molecule has 10 nitrogen and oxygen atoms in total. The molecule has 1 fully saturated rings. The van der Waals surface area contributed by atoms with Gasteiger partial charge in [-0.15, -0.1) is 0 Å². The van der Waals surface area contributed by atoms with Crippen molar-refractivity contribution in [1.29, 1.82) is 0 Å². The highest BCUT2D eigenvalue weighted by Crippen LogP contribution is 2.23. The molecule has 12 heteroatoms. The van der Waals surface area contributed by atoms with Gasteiger partial charge in [0.2, 0.25) is 0 Å². The Morgan fingerprint density at radius 2 is 2.06 bits per heavy atom. The van der Waals surface area contributed by atoms with Gasteiger partial charge in [-0.1, -0.05) is 39.6 Å². The maximum atomic E-state index is 12.1. The molecular weight excluding hydrogens is 459 g/mol. The first-order valence-corrected chi connectivity index (χ1v) is 10.8. The van der Waals surface area contributed by atoms with Crippen LogP contribution in [0.15, 0.2) is 33.3 Å². The van der Waals surface area contributed by atoms with Gasteiger partial charge in [0.1, 0.15) is 5.76 Å². The molecule has 2 aromatic heterocycles. The van der Waals surface area contributed by atoms with Crippen molar-refractivity contribution in [2.75, 3.05) is 26.2 Å². The lowest BCUT2D eigenvalue weighted by molar-refractivity contribution is -0.0287. The van der Waals surface area contributed by atoms with E-state index in [2.05, 4.69) is 30.8 Å². The first-order valence-electron chi connectivity index (χ1n) is 10.0. The van der Waals surface area contributed by atoms with Gasteiger partial charge in [0.25, 0.3) is 5.89 Å². The summed E-state index contributed by atoms with van der Waals surface area (Å²) < 4.78 is 15.9. The molecule has 2 N–H and O–H groups in total. The van der Waals surface area contributed by atoms with E-state index in [1.54, 1.807) is 19.1 Å². The largest absolute Gasteiger partial charge is 0.374 e. The predicted molar refractivity (Wildman–Crippen MR) is 116 cm³/mol. The number of halogens is 2. The van der Waals surface area contributed by atoms with Crippen molar-refractivity contribution in [3.8, 4) is 11.6 Å². The van der Waals surface area contributed by atoms with Crippen LogP contribution in [-0.2, 0) is 17.8 Å². The van der Waals surface area contributed by atoms with Crippen LogP contribution in [0.2, 0.25) is 10.0 Å². The number of morpholine rings is 1. The zero-order valence-corrected chi connectivity index (χ0v) is 18.8. The molecule has 3 aromatic rings. The number of nitrogens with one attached hydrogen (secondary N) is 2. The van der Waals surface area contributed by atoms with E-state index in [-0.39, 0.29) is 24.6 Å². The van der Waals surface area contributed by atoms with Crippen LogP contribution in [0, 0.1) is 6.92 Å². The molecule has 0 aliphatic carbocycles. The molecule has 170 valence electrons. The van der Waals surface area contributed by atoms with Crippen molar-refractivity contribution in [2.45, 2.75) is 26.1 Å². The van der Waals surface area contributed by atoms with Gasteiger partial charge < -0.3 is 24.4 Å². The number of rotatable bonds is 7. The van der Waals surface area contributed by atoms with Crippen LogP contribution in [-0.4, -0.2) is 58.6 Å². The van der Waals surface area contributed by atoms with E-state index in [4.69, 9.17) is 37.0 Å². The van der Waals surface area contributed by atoms with E-state index in [0.717, 1.165) is 18.7 Å². The first kappa shape index (κ1) is 22.5. The summed E-state index contributed by atoms with van der Waals surface area (Å²) in [5.41, 5.74) is 1.52. The van der Waals surface area contributed by atoms with Gasteiger partial charge >= 0.3 is 6.03 Å². The first-order chi connectivity index (χ1) is 15.5. The van der Waals surface area contributed by atoms with Crippen LogP contribution < -0.4 is 10.6 Å². The number of urea groups is 1. The van der Waals surface area contributed by atoms with Crippen LogP contribution in [0.1, 0.15) is 17.1 Å². The summed E-state index contributed by atoms with van der Waals surface area (Å²) in [4.78, 5) is 18.6. The number of carbonyl (C=O) groups is 1. The summed E-state index contributed by atoms with van der Waals surface area (Å²) >= 11 is 12.1. The second-order valence-electron chi connectivity index (χ2n) is 7.38. The zero-order chi connectivity index (χ0) is 22.5. The number of benzene rings is 1. The number of hydrogen-bond donors (Lipinski definition) is 2. The highest BCUT2D eigenvalue weighted by molar-refractivity contribution is 6.42. The van der Waals surface area contributed by atoms with Crippen molar-refractivity contribution in [3.63, 3.8) is 0 Å². The van der Waals surface area contributed by atoms with Crippen molar-refractivity contribution < 1.29 is 18.6 Å². The molecule has 0 unspecified atom stereocenters. The van der Waals surface area contributed by atoms with Gasteiger partial charge in [-0.05, 0) is 24.6 Å². The van der Waals surface area contributed by atoms with Gasteiger partial charge in [-0.25, -0.2) is 4.79 Å². The molecule has 2 amide bonds. The average Bonchev–Trinajstić information content (AvgIpc) is 3.42. The van der Waals surface area contributed by atoms with Gasteiger partial charge in [0.15, 0.2) is 11.5 Å². The normalized spacial score (nSPS) is 16.8. The number of hydrogen-bond acceptors (Lipinski definition) is 8. The van der Waals surface area contributed by atoms with Crippen molar-refractivity contribution in [1.82, 2.24) is 30.8 Å². The minimum atomic E-state index is -0.348. The Kier molecular flexibility index (Phi) is 7.26. The van der Waals surface area contributed by atoms with Crippen LogP contribution in [0.3, 0.4) is 0 Å². The van der Waals surface area contributed by atoms with E-state index in [1.165, 1.54) is 0 Å². The Morgan fingerprint density at radius 3 is 2.84 bits per heavy atom. The second kappa shape index (κ2) is 10.3. The van der Waals surface area contributed by atoms with E-state index in [1.807, 2.05) is 12.1 Å². The smallest absolute Gasteiger partial charge is 0.315 e. The van der Waals surface area contributed by atoms with E-state index in [9.17, 15) is 4.79 Å². The predicted octanol–water partition coefficient (Wildman–Crippen LogP) is 3.04. The summed E-state index contributed by atoms with van der Waals surface area (Å²) in [7, 11) is 0. The molecule has 1 aromatic carbocycles. The Hall–Kier alpha value is -2.66. The third-order valence-electron chi connectivity index (χ3n) is 4.83. The SMILES string of the molecule is Cc1cc(-c2nc(CNC(=O)NC[C@H]3CN(Cc4ccc(Cl)c(Cl)c4)CCO3)no2)no1. The summed E-state index contributed by atoms with van der Waals surface area (Å²) in [5, 5.41) is 14.2. The Balaban J connectivity index is 1.20. The lowest BCUT2D eigenvalue weighted by Gasteiger charge is -2.33. The van der Waals surface area contributed by atoms with Gasteiger partial charge in [0.05, 0.1) is 29.3 Å². The summed E-state index contributed by atoms with van der Waals surface area (Å²) in [6.45, 7) is 5.05. The van der Waals surface area contributed by atoms with E-state index in [0.29, 0.717) is 47.0 Å². The van der Waals surface area contributed by atoms with Gasteiger partial charge in [-0.2, -0.15) is 4.98 Å². The molecule has 3 heterocycles. The molecule has 0 saturated carbocycles. The summed E-state index contributed by atoms with van der Waals surface area (Å²) in [6.07, 6.45) is -0.121. The standard InChI is InChI=1S/C20H22Cl2N6O4/c1-12-6-17(26-31-12)19-25-18(27-32-19)9-24-20(29)23-8-14-11-28(4-5-30-14)10-13-2-3-15(21)16(22)7-13/h2-3,6-7,14H,4-5,8-11H2,1H3,(H2,23,24,29)/t14-/m0/s1. The van der Waals surface area contributed by atoms with E-state index >= 15 is 0 Å². The summed E-state index contributed by atoms with van der Waals surface area (Å²) in [5.74, 6) is 1.20. The monoisotopic (exact) mass is 480 g/mol. The molecule has 0 radical (unpaired) electrons. The number of amides is 2. The molecular formula is C20H22Cl2N6O4. The molecule has 0 bridgehead atoms. The molecule has 1 atom stereocenters. The number of nitrogens with zero attached hydrogens (tertiary/aromatic N) is 4. The summed E-state index contributed by atoms with van der Waals surface area (Å²) in [6, 6.07) is 6.96.